The first-order valence-electron chi connectivity index (χ1n) is 5.56. The number of anilines is 2. The highest BCUT2D eigenvalue weighted by molar-refractivity contribution is 5.92. The topological polar surface area (TPSA) is 53.6 Å². The Kier molecular flexibility index (Phi) is 2.44. The highest BCUT2D eigenvalue weighted by Gasteiger charge is 2.08. The lowest BCUT2D eigenvalue weighted by Gasteiger charge is -2.06. The van der Waals surface area contributed by atoms with Gasteiger partial charge in [-0.2, -0.15) is 5.10 Å². The molecule has 0 radical (unpaired) electrons. The summed E-state index contributed by atoms with van der Waals surface area (Å²) in [5, 5.41) is 11.2. The van der Waals surface area contributed by atoms with E-state index >= 15 is 0 Å². The molecule has 3 aromatic rings. The van der Waals surface area contributed by atoms with Crippen LogP contribution in [-0.4, -0.2) is 15.2 Å². The summed E-state index contributed by atoms with van der Waals surface area (Å²) in [5.41, 5.74) is 2.59. The van der Waals surface area contributed by atoms with Gasteiger partial charge in [0.1, 0.15) is 11.6 Å². The highest BCUT2D eigenvalue weighted by Crippen LogP contribution is 2.25. The Morgan fingerprint density at radius 3 is 2.72 bits per heavy atom. The minimum absolute atomic E-state index is 0.258. The van der Waals surface area contributed by atoms with Crippen molar-refractivity contribution in [3.05, 3.63) is 48.0 Å². The molecule has 0 unspecified atom stereocenters. The predicted octanol–water partition coefficient (Wildman–Crippen LogP) is 3.15. The van der Waals surface area contributed by atoms with E-state index in [0.717, 1.165) is 22.3 Å². The van der Waals surface area contributed by atoms with Crippen LogP contribution in [0.5, 0.6) is 0 Å². The smallest absolute Gasteiger partial charge is 0.141 e. The second kappa shape index (κ2) is 4.10. The fourth-order valence-electron chi connectivity index (χ4n) is 1.88. The van der Waals surface area contributed by atoms with E-state index in [1.54, 1.807) is 18.3 Å². The van der Waals surface area contributed by atoms with Crippen molar-refractivity contribution in [2.75, 3.05) is 5.32 Å². The fraction of sp³-hybridized carbons (Fsp3) is 0.0769. The third kappa shape index (κ3) is 1.79. The SMILES string of the molecule is Cc1[nH]nc2ccnc(Nc3ccc(F)cc3)c12. The number of hydrogen-bond donors (Lipinski definition) is 2. The summed E-state index contributed by atoms with van der Waals surface area (Å²) < 4.78 is 12.8. The Labute approximate surface area is 103 Å². The Bertz CT molecular complexity index is 688. The van der Waals surface area contributed by atoms with Gasteiger partial charge in [-0.1, -0.05) is 0 Å². The molecule has 0 spiro atoms. The number of aromatic amines is 1. The van der Waals surface area contributed by atoms with Gasteiger partial charge >= 0.3 is 0 Å². The monoisotopic (exact) mass is 242 g/mol. The van der Waals surface area contributed by atoms with Gasteiger partial charge in [0.05, 0.1) is 10.9 Å². The van der Waals surface area contributed by atoms with Gasteiger partial charge in [0, 0.05) is 17.6 Å². The number of aromatic nitrogens is 3. The average Bonchev–Trinajstić information content (AvgIpc) is 2.75. The van der Waals surface area contributed by atoms with E-state index in [4.69, 9.17) is 0 Å². The van der Waals surface area contributed by atoms with Crippen LogP contribution in [0.2, 0.25) is 0 Å². The normalized spacial score (nSPS) is 10.8. The lowest BCUT2D eigenvalue weighted by atomic mass is 10.2. The van der Waals surface area contributed by atoms with E-state index in [1.165, 1.54) is 12.1 Å². The molecule has 90 valence electrons. The van der Waals surface area contributed by atoms with Gasteiger partial charge in [-0.15, -0.1) is 0 Å². The predicted molar refractivity (Wildman–Crippen MR) is 68.3 cm³/mol. The summed E-state index contributed by atoms with van der Waals surface area (Å²) in [6.07, 6.45) is 1.69. The number of H-pyrrole nitrogens is 1. The van der Waals surface area contributed by atoms with Crippen molar-refractivity contribution < 1.29 is 4.39 Å². The van der Waals surface area contributed by atoms with Gasteiger partial charge in [0.2, 0.25) is 0 Å². The van der Waals surface area contributed by atoms with Crippen molar-refractivity contribution in [1.29, 1.82) is 0 Å². The van der Waals surface area contributed by atoms with Crippen LogP contribution in [0.3, 0.4) is 0 Å². The van der Waals surface area contributed by atoms with E-state index in [9.17, 15) is 4.39 Å². The molecule has 4 nitrogen and oxygen atoms in total. The van der Waals surface area contributed by atoms with Gasteiger partial charge in [-0.25, -0.2) is 9.37 Å². The molecule has 2 heterocycles. The molecule has 0 aliphatic heterocycles. The van der Waals surface area contributed by atoms with Gasteiger partial charge in [0.25, 0.3) is 0 Å². The molecule has 0 amide bonds. The second-order valence-corrected chi connectivity index (χ2v) is 4.03. The third-order valence-corrected chi connectivity index (χ3v) is 2.76. The quantitative estimate of drug-likeness (QED) is 0.725. The standard InChI is InChI=1S/C13H11FN4/c1-8-12-11(18-17-8)6-7-15-13(12)16-10-4-2-9(14)3-5-10/h2-7H,1H3,(H,15,16)(H,17,18). The molecule has 0 saturated carbocycles. The first-order chi connectivity index (χ1) is 8.74. The Balaban J connectivity index is 2.04. The van der Waals surface area contributed by atoms with E-state index in [-0.39, 0.29) is 5.82 Å². The number of pyridine rings is 1. The van der Waals surface area contributed by atoms with E-state index in [2.05, 4.69) is 20.5 Å². The highest BCUT2D eigenvalue weighted by atomic mass is 19.1. The van der Waals surface area contributed by atoms with Crippen molar-refractivity contribution in [2.45, 2.75) is 6.92 Å². The zero-order chi connectivity index (χ0) is 12.5. The second-order valence-electron chi connectivity index (χ2n) is 4.03. The summed E-state index contributed by atoms with van der Waals surface area (Å²) in [5.74, 6) is 0.455. The molecule has 2 N–H and O–H groups in total. The summed E-state index contributed by atoms with van der Waals surface area (Å²) in [7, 11) is 0. The fourth-order valence-corrected chi connectivity index (χ4v) is 1.88. The van der Waals surface area contributed by atoms with E-state index < -0.39 is 0 Å². The maximum atomic E-state index is 12.8. The molecular weight excluding hydrogens is 231 g/mol. The van der Waals surface area contributed by atoms with Gasteiger partial charge in [-0.3, -0.25) is 5.10 Å². The van der Waals surface area contributed by atoms with Crippen LogP contribution in [0.4, 0.5) is 15.9 Å². The Morgan fingerprint density at radius 1 is 1.17 bits per heavy atom. The number of fused-ring (bicyclic) bond motifs is 1. The maximum absolute atomic E-state index is 12.8. The number of aryl methyl sites for hydroxylation is 1. The average molecular weight is 242 g/mol. The van der Waals surface area contributed by atoms with E-state index in [0.29, 0.717) is 5.82 Å². The molecule has 0 fully saturated rings. The maximum Gasteiger partial charge on any atom is 0.141 e. The first kappa shape index (κ1) is 10.7. The Morgan fingerprint density at radius 2 is 1.94 bits per heavy atom. The minimum Gasteiger partial charge on any atom is -0.340 e. The van der Waals surface area contributed by atoms with Crippen LogP contribution in [0.1, 0.15) is 5.69 Å². The van der Waals surface area contributed by atoms with Gasteiger partial charge in [0.15, 0.2) is 0 Å². The lowest BCUT2D eigenvalue weighted by Crippen LogP contribution is -1.94. The molecule has 5 heteroatoms. The molecule has 18 heavy (non-hydrogen) atoms. The van der Waals surface area contributed by atoms with Gasteiger partial charge in [-0.05, 0) is 37.3 Å². The van der Waals surface area contributed by atoms with Crippen LogP contribution in [-0.2, 0) is 0 Å². The molecular formula is C13H11FN4. The number of halogens is 1. The largest absolute Gasteiger partial charge is 0.340 e. The third-order valence-electron chi connectivity index (χ3n) is 2.76. The zero-order valence-electron chi connectivity index (χ0n) is 9.74. The summed E-state index contributed by atoms with van der Waals surface area (Å²) in [4.78, 5) is 4.29. The summed E-state index contributed by atoms with van der Waals surface area (Å²) in [6, 6.07) is 8.00. The number of nitrogens with zero attached hydrogens (tertiary/aromatic N) is 2. The van der Waals surface area contributed by atoms with Crippen LogP contribution < -0.4 is 5.32 Å². The number of benzene rings is 1. The summed E-state index contributed by atoms with van der Waals surface area (Å²) >= 11 is 0. The molecule has 0 bridgehead atoms. The van der Waals surface area contributed by atoms with Crippen molar-refractivity contribution >= 4 is 22.4 Å². The molecule has 0 saturated heterocycles. The van der Waals surface area contributed by atoms with Crippen molar-refractivity contribution in [2.24, 2.45) is 0 Å². The van der Waals surface area contributed by atoms with Crippen molar-refractivity contribution in [3.8, 4) is 0 Å². The number of rotatable bonds is 2. The van der Waals surface area contributed by atoms with Gasteiger partial charge < -0.3 is 5.32 Å². The zero-order valence-corrected chi connectivity index (χ0v) is 9.74. The van der Waals surface area contributed by atoms with Crippen LogP contribution >= 0.6 is 0 Å². The van der Waals surface area contributed by atoms with Crippen LogP contribution in [0, 0.1) is 12.7 Å². The number of hydrogen-bond acceptors (Lipinski definition) is 3. The lowest BCUT2D eigenvalue weighted by molar-refractivity contribution is 0.628. The van der Waals surface area contributed by atoms with Crippen molar-refractivity contribution in [1.82, 2.24) is 15.2 Å². The summed E-state index contributed by atoms with van der Waals surface area (Å²) in [6.45, 7) is 1.94. The molecule has 1 aromatic carbocycles. The first-order valence-corrected chi connectivity index (χ1v) is 5.56. The molecule has 0 aliphatic rings. The van der Waals surface area contributed by atoms with Crippen molar-refractivity contribution in [3.63, 3.8) is 0 Å². The Hall–Kier alpha value is -2.43. The molecule has 0 atom stereocenters. The number of nitrogens with one attached hydrogen (secondary N) is 2. The van der Waals surface area contributed by atoms with Crippen LogP contribution in [0.15, 0.2) is 36.5 Å². The van der Waals surface area contributed by atoms with Crippen LogP contribution in [0.25, 0.3) is 10.9 Å². The molecule has 2 aromatic heterocycles. The molecule has 3 rings (SSSR count). The van der Waals surface area contributed by atoms with E-state index in [1.807, 2.05) is 13.0 Å². The molecule has 0 aliphatic carbocycles. The minimum atomic E-state index is -0.258.